The maximum absolute atomic E-state index is 12.4. The molecule has 0 radical (unpaired) electrons. The molecule has 5 heteroatoms. The summed E-state index contributed by atoms with van der Waals surface area (Å²) in [5.41, 5.74) is 0. The fraction of sp³-hybridized carbons (Fsp3) is 0.632. The van der Waals surface area contributed by atoms with Gasteiger partial charge in [-0.05, 0) is 135 Å². The van der Waals surface area contributed by atoms with Gasteiger partial charge in [-0.1, -0.05) is 369 Å². The topological polar surface area (TPSA) is 72.8 Å². The van der Waals surface area contributed by atoms with Crippen LogP contribution in [0, 0.1) is 0 Å². The maximum Gasteiger partial charge on any atom is 0.306 e. The largest absolute Gasteiger partial charge is 0.462 e. The molecular weight excluding hydrogens is 1120 g/mol. The Hall–Kier alpha value is -5.00. The van der Waals surface area contributed by atoms with Crippen LogP contribution < -0.4 is 0 Å². The number of unbranched alkanes of at least 4 members (excludes halogenated alkanes) is 31. The van der Waals surface area contributed by atoms with Gasteiger partial charge < -0.3 is 14.6 Å². The van der Waals surface area contributed by atoms with Crippen LogP contribution in [0.1, 0.15) is 335 Å². The van der Waals surface area contributed by atoms with E-state index in [0.29, 0.717) is 12.8 Å². The average molecular weight is 1270 g/mol. The van der Waals surface area contributed by atoms with Gasteiger partial charge in [0, 0.05) is 12.8 Å². The number of rotatable bonds is 69. The lowest BCUT2D eigenvalue weighted by Gasteiger charge is -2.15. The second-order valence-corrected chi connectivity index (χ2v) is 25.0. The lowest BCUT2D eigenvalue weighted by molar-refractivity contribution is -0.161. The van der Waals surface area contributed by atoms with E-state index in [9.17, 15) is 14.7 Å². The normalized spacial score (nSPS) is 13.3. The first-order valence-electron chi connectivity index (χ1n) is 38.3. The predicted octanol–water partition coefficient (Wildman–Crippen LogP) is 27.3. The molecule has 92 heavy (non-hydrogen) atoms. The van der Waals surface area contributed by atoms with Gasteiger partial charge in [0.25, 0.3) is 0 Å². The SMILES string of the molecule is CC/C=C\C/C=C\C/C=C\C/C=C\C/C=C\C/C=C\C/C=C\C/C=C\C/C=C\C/C=C\CCCCCCCCCCC(=O)OC(CO)COC(=O)CCCCCCCCCCCCCCCCCCCCCCCCC/C=C\C/C=C\C/C=C\C/C=C\C/C=C\CC. The van der Waals surface area contributed by atoms with Crippen LogP contribution in [0.4, 0.5) is 0 Å². The number of hydrogen-bond acceptors (Lipinski definition) is 5. The molecule has 0 aliphatic rings. The number of hydrogen-bond donors (Lipinski definition) is 1. The maximum atomic E-state index is 12.4. The molecule has 0 saturated heterocycles. The molecule has 0 spiro atoms. The minimum absolute atomic E-state index is 0.0753. The molecule has 1 unspecified atom stereocenters. The Labute approximate surface area is 569 Å². The first-order chi connectivity index (χ1) is 45.6. The van der Waals surface area contributed by atoms with Crippen LogP contribution in [-0.4, -0.2) is 36.4 Å². The number of ether oxygens (including phenoxy) is 2. The second-order valence-electron chi connectivity index (χ2n) is 25.0. The van der Waals surface area contributed by atoms with E-state index >= 15 is 0 Å². The molecule has 0 aromatic carbocycles. The Balaban J connectivity index is 3.52. The number of carbonyl (C=O) groups excluding carboxylic acids is 2. The van der Waals surface area contributed by atoms with Gasteiger partial charge in [-0.3, -0.25) is 9.59 Å². The predicted molar refractivity (Wildman–Crippen MR) is 407 cm³/mol. The molecule has 0 heterocycles. The minimum atomic E-state index is -0.789. The third kappa shape index (κ3) is 77.4. The van der Waals surface area contributed by atoms with Crippen LogP contribution in [0.3, 0.4) is 0 Å². The molecule has 0 aromatic heterocycles. The van der Waals surface area contributed by atoms with Crippen molar-refractivity contribution in [3.63, 3.8) is 0 Å². The lowest BCUT2D eigenvalue weighted by Crippen LogP contribution is -2.28. The minimum Gasteiger partial charge on any atom is -0.462 e. The zero-order valence-corrected chi connectivity index (χ0v) is 59.7. The van der Waals surface area contributed by atoms with Crippen molar-refractivity contribution >= 4 is 11.9 Å². The Kier molecular flexibility index (Phi) is 75.9. The molecule has 0 aliphatic carbocycles. The van der Waals surface area contributed by atoms with Gasteiger partial charge in [0.15, 0.2) is 6.10 Å². The van der Waals surface area contributed by atoms with E-state index in [2.05, 4.69) is 196 Å². The van der Waals surface area contributed by atoms with Crippen molar-refractivity contribution < 1.29 is 24.2 Å². The molecule has 1 N–H and O–H groups in total. The van der Waals surface area contributed by atoms with E-state index in [4.69, 9.17) is 9.47 Å². The summed E-state index contributed by atoms with van der Waals surface area (Å²) in [4.78, 5) is 24.7. The molecule has 0 rings (SSSR count). The van der Waals surface area contributed by atoms with Crippen molar-refractivity contribution in [2.45, 2.75) is 341 Å². The highest BCUT2D eigenvalue weighted by atomic mass is 16.6. The van der Waals surface area contributed by atoms with E-state index in [0.717, 1.165) is 141 Å². The van der Waals surface area contributed by atoms with Gasteiger partial charge in [0.1, 0.15) is 6.61 Å². The van der Waals surface area contributed by atoms with Gasteiger partial charge in [-0.15, -0.1) is 0 Å². The summed E-state index contributed by atoms with van der Waals surface area (Å²) in [5.74, 6) is -0.598. The molecule has 0 amide bonds. The van der Waals surface area contributed by atoms with Crippen LogP contribution in [0.25, 0.3) is 0 Å². The second kappa shape index (κ2) is 80.2. The number of aliphatic hydroxyl groups excluding tert-OH is 1. The van der Waals surface area contributed by atoms with Crippen LogP contribution in [0.2, 0.25) is 0 Å². The highest BCUT2D eigenvalue weighted by Gasteiger charge is 2.16. The molecule has 520 valence electrons. The highest BCUT2D eigenvalue weighted by Crippen LogP contribution is 2.18. The van der Waals surface area contributed by atoms with Gasteiger partial charge in [0.05, 0.1) is 6.61 Å². The van der Waals surface area contributed by atoms with E-state index in [1.807, 2.05) is 0 Å². The van der Waals surface area contributed by atoms with E-state index in [1.165, 1.54) is 167 Å². The van der Waals surface area contributed by atoms with E-state index < -0.39 is 6.10 Å². The lowest BCUT2D eigenvalue weighted by atomic mass is 10.0. The first kappa shape index (κ1) is 87.0. The molecule has 1 atom stereocenters. The van der Waals surface area contributed by atoms with Crippen LogP contribution >= 0.6 is 0 Å². The van der Waals surface area contributed by atoms with Gasteiger partial charge in [-0.2, -0.15) is 0 Å². The zero-order chi connectivity index (χ0) is 66.1. The summed E-state index contributed by atoms with van der Waals surface area (Å²) in [6, 6.07) is 0. The standard InChI is InChI=1S/C87H142O5/c1-3-5-7-9-11-13-15-17-19-21-23-25-27-29-31-33-35-37-39-41-43-45-47-49-51-53-55-57-59-61-63-65-67-69-71-73-75-77-79-81-86(89)91-84-85(83-88)92-87(90)82-80-78-76-74-72-70-68-66-64-62-60-58-56-54-52-50-48-46-44-42-40-38-36-34-32-30-28-26-24-22-20-18-16-14-12-10-8-6-4-2/h5-8,11-14,17-20,23-26,29-32,36,38,42,44,48,50,54,56,60,62,85,88H,3-4,9-10,15-16,21-22,27-28,33-35,37,39-41,43,45-47,49,51-53,55,57-59,61,63-84H2,1-2H3/b7-5-,8-6-,13-11-,14-12-,19-17-,20-18-,25-23-,26-24-,31-29-,32-30-,38-36-,44-42-,50-48-,56-54-,62-60-. The zero-order valence-electron chi connectivity index (χ0n) is 59.7. The highest BCUT2D eigenvalue weighted by molar-refractivity contribution is 5.70. The Morgan fingerprint density at radius 1 is 0.250 bits per heavy atom. The van der Waals surface area contributed by atoms with Crippen molar-refractivity contribution in [1.82, 2.24) is 0 Å². The van der Waals surface area contributed by atoms with Gasteiger partial charge in [0.2, 0.25) is 0 Å². The third-order valence-corrected chi connectivity index (χ3v) is 16.2. The summed E-state index contributed by atoms with van der Waals surface area (Å²) < 4.78 is 10.8. The van der Waals surface area contributed by atoms with Crippen molar-refractivity contribution in [3.8, 4) is 0 Å². The van der Waals surface area contributed by atoms with Crippen molar-refractivity contribution in [2.24, 2.45) is 0 Å². The number of carbonyl (C=O) groups is 2. The van der Waals surface area contributed by atoms with Crippen LogP contribution in [0.5, 0.6) is 0 Å². The Morgan fingerprint density at radius 2 is 0.435 bits per heavy atom. The van der Waals surface area contributed by atoms with Gasteiger partial charge >= 0.3 is 11.9 Å². The fourth-order valence-corrected chi connectivity index (χ4v) is 10.6. The third-order valence-electron chi connectivity index (χ3n) is 16.2. The summed E-state index contributed by atoms with van der Waals surface area (Å²) in [6.45, 7) is 3.92. The Bertz CT molecular complexity index is 2020. The molecule has 0 fully saturated rings. The molecule has 0 bridgehead atoms. The van der Waals surface area contributed by atoms with E-state index in [1.54, 1.807) is 0 Å². The summed E-state index contributed by atoms with van der Waals surface area (Å²) in [5, 5.41) is 9.72. The molecular formula is C87H142O5. The summed E-state index contributed by atoms with van der Waals surface area (Å²) in [6.07, 6.45) is 125. The van der Waals surface area contributed by atoms with Crippen molar-refractivity contribution in [1.29, 1.82) is 0 Å². The van der Waals surface area contributed by atoms with Crippen molar-refractivity contribution in [2.75, 3.05) is 13.2 Å². The van der Waals surface area contributed by atoms with E-state index in [-0.39, 0.29) is 25.2 Å². The average Bonchev–Trinajstić information content (AvgIpc) is 3.75. The van der Waals surface area contributed by atoms with Crippen molar-refractivity contribution in [3.05, 3.63) is 182 Å². The van der Waals surface area contributed by atoms with Crippen LogP contribution in [-0.2, 0) is 19.1 Å². The molecule has 5 nitrogen and oxygen atoms in total. The van der Waals surface area contributed by atoms with Crippen LogP contribution in [0.15, 0.2) is 182 Å². The molecule has 0 aliphatic heterocycles. The number of esters is 2. The smallest absolute Gasteiger partial charge is 0.306 e. The monoisotopic (exact) mass is 1270 g/mol. The fourth-order valence-electron chi connectivity index (χ4n) is 10.6. The number of allylic oxidation sites excluding steroid dienone is 30. The Morgan fingerprint density at radius 3 is 0.652 bits per heavy atom. The first-order valence-corrected chi connectivity index (χ1v) is 38.3. The summed E-state index contributed by atoms with van der Waals surface area (Å²) >= 11 is 0. The van der Waals surface area contributed by atoms with Gasteiger partial charge in [-0.25, -0.2) is 0 Å². The summed E-state index contributed by atoms with van der Waals surface area (Å²) in [7, 11) is 0. The quantitative estimate of drug-likeness (QED) is 0.0373. The molecule has 0 aromatic rings. The number of aliphatic hydroxyl groups is 1. The molecule has 0 saturated carbocycles.